The van der Waals surface area contributed by atoms with Crippen LogP contribution in [0.3, 0.4) is 0 Å². The monoisotopic (exact) mass is 264 g/mol. The van der Waals surface area contributed by atoms with Crippen LogP contribution in [0.5, 0.6) is 0 Å². The van der Waals surface area contributed by atoms with Crippen LogP contribution in [-0.2, 0) is 13.3 Å². The van der Waals surface area contributed by atoms with Gasteiger partial charge in [-0.1, -0.05) is 6.42 Å². The van der Waals surface area contributed by atoms with E-state index in [2.05, 4.69) is 0 Å². The first kappa shape index (κ1) is 15.1. The van der Waals surface area contributed by atoms with Crippen molar-refractivity contribution in [3.8, 4) is 0 Å². The quantitative estimate of drug-likeness (QED) is 0.660. The maximum atomic E-state index is 13.5. The number of hydrogen-bond donors (Lipinski definition) is 0. The molecule has 0 spiro atoms. The molecule has 3 nitrogen and oxygen atoms in total. The van der Waals surface area contributed by atoms with Gasteiger partial charge >= 0.3 is 8.80 Å². The molecular formula is C12H25FO3Si. The topological polar surface area (TPSA) is 27.7 Å². The third-order valence-corrected chi connectivity index (χ3v) is 6.74. The van der Waals surface area contributed by atoms with Crippen LogP contribution >= 0.6 is 0 Å². The minimum Gasteiger partial charge on any atom is -0.374 e. The first-order chi connectivity index (χ1) is 8.18. The molecule has 1 fully saturated rings. The zero-order chi connectivity index (χ0) is 12.7. The Labute approximate surface area is 105 Å². The molecule has 0 saturated heterocycles. The molecule has 1 aliphatic rings. The molecule has 0 aromatic heterocycles. The summed E-state index contributed by atoms with van der Waals surface area (Å²) in [6, 6.07) is 0. The molecule has 0 aromatic rings. The molecule has 0 aromatic carbocycles. The molecule has 1 aliphatic carbocycles. The lowest BCUT2D eigenvalue weighted by Gasteiger charge is -2.37. The maximum Gasteiger partial charge on any atom is 0.504 e. The summed E-state index contributed by atoms with van der Waals surface area (Å²) in [6.07, 6.45) is 2.36. The van der Waals surface area contributed by atoms with Gasteiger partial charge in [-0.25, -0.2) is 4.39 Å². The lowest BCUT2D eigenvalue weighted by Crippen LogP contribution is -2.51. The minimum atomic E-state index is -2.68. The first-order valence-corrected chi connectivity index (χ1v) is 8.54. The second-order valence-corrected chi connectivity index (χ2v) is 7.25. The fourth-order valence-electron chi connectivity index (χ4n) is 2.53. The Hall–Kier alpha value is 0.0269. The van der Waals surface area contributed by atoms with Gasteiger partial charge in [-0.3, -0.25) is 0 Å². The highest BCUT2D eigenvalue weighted by Crippen LogP contribution is 2.40. The summed E-state index contributed by atoms with van der Waals surface area (Å²) in [5, 5.41) is 0. The van der Waals surface area contributed by atoms with E-state index in [1.165, 1.54) is 0 Å². The molecule has 0 aliphatic heterocycles. The Morgan fingerprint density at radius 3 is 1.94 bits per heavy atom. The highest BCUT2D eigenvalue weighted by Gasteiger charge is 2.50. The molecule has 1 rings (SSSR count). The molecule has 2 atom stereocenters. The van der Waals surface area contributed by atoms with Crippen molar-refractivity contribution >= 4 is 8.80 Å². The first-order valence-electron chi connectivity index (χ1n) is 6.74. The maximum absolute atomic E-state index is 13.5. The van der Waals surface area contributed by atoms with Crippen molar-refractivity contribution in [3.63, 3.8) is 0 Å². The fourth-order valence-corrected chi connectivity index (χ4v) is 5.80. The summed E-state index contributed by atoms with van der Waals surface area (Å²) in [5.74, 6) is 0. The van der Waals surface area contributed by atoms with Gasteiger partial charge in [0.25, 0.3) is 0 Å². The van der Waals surface area contributed by atoms with Crippen molar-refractivity contribution in [3.05, 3.63) is 0 Å². The van der Waals surface area contributed by atoms with E-state index in [9.17, 15) is 4.39 Å². The van der Waals surface area contributed by atoms with Crippen LogP contribution in [0, 0.1) is 0 Å². The number of rotatable bonds is 7. The van der Waals surface area contributed by atoms with Crippen LogP contribution in [0.25, 0.3) is 0 Å². The minimum absolute atomic E-state index is 0.131. The molecule has 0 N–H and O–H groups in total. The molecule has 0 bridgehead atoms. The molecule has 102 valence electrons. The average molecular weight is 264 g/mol. The molecule has 0 heterocycles. The van der Waals surface area contributed by atoms with Crippen molar-refractivity contribution < 1.29 is 17.7 Å². The SMILES string of the molecule is CCO[Si](OCC)(OCC)[C@H]1CCC[C@@H](F)C1. The summed E-state index contributed by atoms with van der Waals surface area (Å²) < 4.78 is 31.0. The van der Waals surface area contributed by atoms with Crippen LogP contribution in [0.15, 0.2) is 0 Å². The second kappa shape index (κ2) is 7.46. The third-order valence-electron chi connectivity index (χ3n) is 3.15. The van der Waals surface area contributed by atoms with Crippen molar-refractivity contribution in [2.24, 2.45) is 0 Å². The zero-order valence-electron chi connectivity index (χ0n) is 11.2. The summed E-state index contributed by atoms with van der Waals surface area (Å²) in [7, 11) is -2.68. The molecular weight excluding hydrogens is 239 g/mol. The van der Waals surface area contributed by atoms with Crippen molar-refractivity contribution in [1.82, 2.24) is 0 Å². The fraction of sp³-hybridized carbons (Fsp3) is 1.00. The van der Waals surface area contributed by atoms with Gasteiger partial charge in [-0.2, -0.15) is 0 Å². The van der Waals surface area contributed by atoms with E-state index < -0.39 is 15.0 Å². The normalized spacial score (nSPS) is 26.1. The van der Waals surface area contributed by atoms with Crippen molar-refractivity contribution in [2.45, 2.75) is 58.2 Å². The highest BCUT2D eigenvalue weighted by atomic mass is 28.4. The van der Waals surface area contributed by atoms with Crippen LogP contribution in [0.4, 0.5) is 4.39 Å². The number of halogens is 1. The van der Waals surface area contributed by atoms with E-state index in [-0.39, 0.29) is 5.54 Å². The Morgan fingerprint density at radius 2 is 1.53 bits per heavy atom. The zero-order valence-corrected chi connectivity index (χ0v) is 12.2. The Kier molecular flexibility index (Phi) is 6.62. The molecule has 5 heteroatoms. The van der Waals surface area contributed by atoms with Crippen LogP contribution in [0.1, 0.15) is 46.5 Å². The molecule has 0 radical (unpaired) electrons. The number of alkyl halides is 1. The second-order valence-electron chi connectivity index (χ2n) is 4.36. The molecule has 0 amide bonds. The lowest BCUT2D eigenvalue weighted by atomic mass is 9.98. The Bertz CT molecular complexity index is 199. The van der Waals surface area contributed by atoms with E-state index in [4.69, 9.17) is 13.3 Å². The van der Waals surface area contributed by atoms with Crippen LogP contribution in [-0.4, -0.2) is 34.8 Å². The van der Waals surface area contributed by atoms with Gasteiger partial charge in [0.05, 0.1) is 0 Å². The smallest absolute Gasteiger partial charge is 0.374 e. The summed E-state index contributed by atoms with van der Waals surface area (Å²) in [4.78, 5) is 0. The summed E-state index contributed by atoms with van der Waals surface area (Å²) >= 11 is 0. The van der Waals surface area contributed by atoms with Crippen molar-refractivity contribution in [2.75, 3.05) is 19.8 Å². The van der Waals surface area contributed by atoms with Gasteiger partial charge in [0.15, 0.2) is 0 Å². The van der Waals surface area contributed by atoms with Crippen LogP contribution < -0.4 is 0 Å². The van der Waals surface area contributed by atoms with Gasteiger partial charge in [-0.15, -0.1) is 0 Å². The Balaban J connectivity index is 2.76. The highest BCUT2D eigenvalue weighted by molar-refractivity contribution is 6.62. The van der Waals surface area contributed by atoms with Gasteiger partial charge in [0, 0.05) is 25.4 Å². The van der Waals surface area contributed by atoms with E-state index in [0.717, 1.165) is 12.8 Å². The van der Waals surface area contributed by atoms with Crippen molar-refractivity contribution in [1.29, 1.82) is 0 Å². The molecule has 0 unspecified atom stereocenters. The van der Waals surface area contributed by atoms with Gasteiger partial charge in [0.2, 0.25) is 0 Å². The summed E-state index contributed by atoms with van der Waals surface area (Å²) in [5.41, 5.74) is 0.131. The lowest BCUT2D eigenvalue weighted by molar-refractivity contribution is 0.0504. The third kappa shape index (κ3) is 4.01. The average Bonchev–Trinajstić information content (AvgIpc) is 2.30. The van der Waals surface area contributed by atoms with Gasteiger partial charge < -0.3 is 13.3 Å². The van der Waals surface area contributed by atoms with E-state index in [1.807, 2.05) is 20.8 Å². The van der Waals surface area contributed by atoms with E-state index in [1.54, 1.807) is 0 Å². The number of hydrogen-bond acceptors (Lipinski definition) is 3. The van der Waals surface area contributed by atoms with E-state index >= 15 is 0 Å². The molecule has 1 saturated carbocycles. The van der Waals surface area contributed by atoms with Gasteiger partial charge in [0.1, 0.15) is 6.17 Å². The van der Waals surface area contributed by atoms with Crippen LogP contribution in [0.2, 0.25) is 5.54 Å². The molecule has 17 heavy (non-hydrogen) atoms. The van der Waals surface area contributed by atoms with E-state index in [0.29, 0.717) is 32.7 Å². The summed E-state index contributed by atoms with van der Waals surface area (Å²) in [6.45, 7) is 7.53. The largest absolute Gasteiger partial charge is 0.504 e. The van der Waals surface area contributed by atoms with Gasteiger partial charge in [-0.05, 0) is 40.0 Å². The predicted molar refractivity (Wildman–Crippen MR) is 67.7 cm³/mol. The Morgan fingerprint density at radius 1 is 1.00 bits per heavy atom. The predicted octanol–water partition coefficient (Wildman–Crippen LogP) is 3.32. The standard InChI is InChI=1S/C12H25FO3Si/c1-4-14-17(15-5-2,16-6-3)12-9-7-8-11(13)10-12/h11-12H,4-10H2,1-3H3/t11-,12+/m1/s1.